The quantitative estimate of drug-likeness (QED) is 0.143. The van der Waals surface area contributed by atoms with Crippen LogP contribution < -0.4 is 11.5 Å². The second-order valence-corrected chi connectivity index (χ2v) is 9.09. The average molecular weight is 566 g/mol. The zero-order chi connectivity index (χ0) is 29.3. The fraction of sp³-hybridized carbons (Fsp3) is 0.800. The van der Waals surface area contributed by atoms with Crippen molar-refractivity contribution in [2.24, 2.45) is 23.3 Å². The first kappa shape index (κ1) is 31.5. The van der Waals surface area contributed by atoms with E-state index in [9.17, 15) is 39.4 Å². The van der Waals surface area contributed by atoms with Crippen LogP contribution in [-0.2, 0) is 47.8 Å². The molecule has 0 bridgehead atoms. The summed E-state index contributed by atoms with van der Waals surface area (Å²) in [7, 11) is 0. The highest BCUT2D eigenvalue weighted by Crippen LogP contribution is 2.35. The largest absolute Gasteiger partial charge is 0.481 e. The van der Waals surface area contributed by atoms with Crippen LogP contribution in [0.5, 0.6) is 0 Å². The molecule has 4 aliphatic heterocycles. The Morgan fingerprint density at radius 1 is 0.795 bits per heavy atom. The van der Waals surface area contributed by atoms with Crippen molar-refractivity contribution >= 4 is 23.6 Å². The lowest BCUT2D eigenvalue weighted by atomic mass is 9.95. The van der Waals surface area contributed by atoms with Crippen LogP contribution in [0.1, 0.15) is 26.2 Å². The maximum absolute atomic E-state index is 11.5. The summed E-state index contributed by atoms with van der Waals surface area (Å²) in [5.74, 6) is -2.89. The molecule has 0 aromatic heterocycles. The second kappa shape index (κ2) is 14.5. The molecule has 0 spiro atoms. The van der Waals surface area contributed by atoms with Crippen LogP contribution in [0.4, 0.5) is 0 Å². The maximum Gasteiger partial charge on any atom is 0.312 e. The first-order chi connectivity index (χ1) is 18.3. The van der Waals surface area contributed by atoms with Gasteiger partial charge in [-0.1, -0.05) is 6.92 Å². The number of amides is 2. The molecule has 19 heteroatoms. The maximum atomic E-state index is 11.5. The molecule has 4 rings (SSSR count). The van der Waals surface area contributed by atoms with Crippen molar-refractivity contribution < 1.29 is 63.1 Å². The highest BCUT2D eigenvalue weighted by atomic mass is 17.0. The molecule has 0 saturated carbocycles. The number of fused-ring (bicyclic) bond motifs is 2. The van der Waals surface area contributed by atoms with Crippen LogP contribution in [0.25, 0.3) is 0 Å². The Hall–Kier alpha value is -3.68. The Morgan fingerprint density at radius 3 is 1.72 bits per heavy atom. The van der Waals surface area contributed by atoms with E-state index >= 15 is 0 Å². The molecule has 0 aliphatic carbocycles. The third-order valence-electron chi connectivity index (χ3n) is 6.00. The van der Waals surface area contributed by atoms with Crippen LogP contribution in [0.15, 0.2) is 0 Å². The van der Waals surface area contributed by atoms with E-state index < -0.39 is 58.8 Å². The molecular formula is C20H30N4O15. The summed E-state index contributed by atoms with van der Waals surface area (Å²) in [6.07, 6.45) is -3.37. The molecule has 4 saturated heterocycles. The van der Waals surface area contributed by atoms with Gasteiger partial charge in [-0.25, -0.2) is 0 Å². The molecule has 5 N–H and O–H groups in total. The van der Waals surface area contributed by atoms with Gasteiger partial charge in [0.2, 0.25) is 11.8 Å². The summed E-state index contributed by atoms with van der Waals surface area (Å²) in [5.41, 5.74) is 9.41. The highest BCUT2D eigenvalue weighted by Gasteiger charge is 2.50. The molecule has 220 valence electrons. The van der Waals surface area contributed by atoms with E-state index in [0.717, 1.165) is 0 Å². The van der Waals surface area contributed by atoms with Gasteiger partial charge in [0, 0.05) is 18.3 Å². The van der Waals surface area contributed by atoms with Gasteiger partial charge < -0.3 is 45.2 Å². The molecule has 0 aromatic rings. The number of ether oxygens (including phenoxy) is 4. The number of nitrogens with zero attached hydrogens (tertiary/aromatic N) is 2. The summed E-state index contributed by atoms with van der Waals surface area (Å²) in [4.78, 5) is 70.6. The van der Waals surface area contributed by atoms with Crippen LogP contribution in [0.2, 0.25) is 0 Å². The number of Topliss-reactive ketones (excluding diaryl/α,β-unsaturated/α-hetero) is 1. The number of rotatable bonds is 10. The number of aliphatic carboxylic acids is 1. The Balaban J connectivity index is 0.000000230. The minimum atomic E-state index is -1.19. The second-order valence-electron chi connectivity index (χ2n) is 9.09. The molecule has 39 heavy (non-hydrogen) atoms. The van der Waals surface area contributed by atoms with Crippen molar-refractivity contribution in [1.29, 1.82) is 0 Å². The van der Waals surface area contributed by atoms with Crippen LogP contribution in [-0.4, -0.2) is 102 Å². The minimum Gasteiger partial charge on any atom is -0.481 e. The van der Waals surface area contributed by atoms with Crippen LogP contribution in [0.3, 0.4) is 0 Å². The van der Waals surface area contributed by atoms with Crippen LogP contribution in [0, 0.1) is 32.1 Å². The number of carbonyl (C=O) groups excluding carboxylic acids is 3. The fourth-order valence-electron chi connectivity index (χ4n) is 4.48. The molecule has 0 radical (unpaired) electrons. The third-order valence-corrected chi connectivity index (χ3v) is 6.00. The zero-order valence-electron chi connectivity index (χ0n) is 20.8. The van der Waals surface area contributed by atoms with Crippen LogP contribution >= 0.6 is 0 Å². The Morgan fingerprint density at radius 2 is 1.26 bits per heavy atom. The number of carboxylic acid groups (broad SMARTS) is 1. The van der Waals surface area contributed by atoms with Crippen molar-refractivity contribution in [2.45, 2.75) is 62.8 Å². The molecule has 2 amide bonds. The number of hydrogen-bond donors (Lipinski definition) is 3. The Kier molecular flexibility index (Phi) is 11.7. The average Bonchev–Trinajstić information content (AvgIpc) is 3.54. The fourth-order valence-corrected chi connectivity index (χ4v) is 4.48. The van der Waals surface area contributed by atoms with Crippen molar-refractivity contribution in [1.82, 2.24) is 0 Å². The smallest absolute Gasteiger partial charge is 0.312 e. The van der Waals surface area contributed by atoms with Crippen molar-refractivity contribution in [3.63, 3.8) is 0 Å². The van der Waals surface area contributed by atoms with Gasteiger partial charge in [0.15, 0.2) is 12.2 Å². The van der Waals surface area contributed by atoms with Crippen molar-refractivity contribution in [3.05, 3.63) is 20.2 Å². The Bertz CT molecular complexity index is 921. The molecule has 19 nitrogen and oxygen atoms in total. The van der Waals surface area contributed by atoms with Gasteiger partial charge in [-0.05, 0) is 0 Å². The highest BCUT2D eigenvalue weighted by molar-refractivity contribution is 5.97. The lowest BCUT2D eigenvalue weighted by Gasteiger charge is -2.15. The zero-order valence-corrected chi connectivity index (χ0v) is 20.8. The summed E-state index contributed by atoms with van der Waals surface area (Å²) < 4.78 is 21.5. The molecule has 4 heterocycles. The topological polar surface area (TPSA) is 282 Å². The van der Waals surface area contributed by atoms with E-state index in [0.29, 0.717) is 12.5 Å². The lowest BCUT2D eigenvalue weighted by Crippen LogP contribution is -2.33. The van der Waals surface area contributed by atoms with Gasteiger partial charge in [0.05, 0.1) is 45.1 Å². The summed E-state index contributed by atoms with van der Waals surface area (Å²) in [6.45, 7) is 3.14. The number of hydrogen-bond acceptors (Lipinski definition) is 14. The monoisotopic (exact) mass is 566 g/mol. The predicted octanol–water partition coefficient (Wildman–Crippen LogP) is -2.24. The van der Waals surface area contributed by atoms with E-state index in [1.165, 1.54) is 0 Å². The molecule has 0 aromatic carbocycles. The predicted molar refractivity (Wildman–Crippen MR) is 120 cm³/mol. The lowest BCUT2D eigenvalue weighted by molar-refractivity contribution is -0.769. The van der Waals surface area contributed by atoms with Gasteiger partial charge in [-0.2, -0.15) is 0 Å². The first-order valence-corrected chi connectivity index (χ1v) is 11.7. The van der Waals surface area contributed by atoms with Crippen molar-refractivity contribution in [3.8, 4) is 0 Å². The van der Waals surface area contributed by atoms with Crippen molar-refractivity contribution in [2.75, 3.05) is 26.4 Å². The summed E-state index contributed by atoms with van der Waals surface area (Å²) in [6, 6.07) is 0. The van der Waals surface area contributed by atoms with Gasteiger partial charge in [-0.15, -0.1) is 20.2 Å². The molecule has 4 aliphatic rings. The minimum absolute atomic E-state index is 0.0371. The number of nitrogens with two attached hydrogens (primary N) is 2. The van der Waals surface area contributed by atoms with Gasteiger partial charge >= 0.3 is 5.97 Å². The van der Waals surface area contributed by atoms with Gasteiger partial charge in [0.1, 0.15) is 24.4 Å². The number of carbonyl (C=O) groups is 4. The Labute approximate surface area is 220 Å². The van der Waals surface area contributed by atoms with E-state index in [4.69, 9.17) is 29.8 Å². The van der Waals surface area contributed by atoms with E-state index in [1.807, 2.05) is 6.92 Å². The van der Waals surface area contributed by atoms with Gasteiger partial charge in [0.25, 0.3) is 10.2 Å². The summed E-state index contributed by atoms with van der Waals surface area (Å²) >= 11 is 0. The molecule has 8 atom stereocenters. The van der Waals surface area contributed by atoms with E-state index in [2.05, 4.69) is 15.4 Å². The van der Waals surface area contributed by atoms with Gasteiger partial charge in [-0.3, -0.25) is 19.2 Å². The molecule has 4 fully saturated rings. The molecule has 0 unspecified atom stereocenters. The first-order valence-electron chi connectivity index (χ1n) is 11.7. The number of ketones is 1. The summed E-state index contributed by atoms with van der Waals surface area (Å²) in [5, 5.41) is 26.5. The third kappa shape index (κ3) is 9.85. The van der Waals surface area contributed by atoms with E-state index in [1.54, 1.807) is 0 Å². The SMILES string of the molecule is C[C@@H]1CO[C@H]2[C@@H]1OC[C@@H]2O[N+](=O)[O-].NC(=O)CC(=O)C[C@@H]1CO[C@H]2[C@@H]1OC[C@@H]2O[N+](=O)[O-].NC(=O)CC(=O)O. The van der Waals surface area contributed by atoms with E-state index in [-0.39, 0.29) is 56.6 Å². The number of primary amides is 2. The number of carboxylic acids is 1. The normalized spacial score (nSPS) is 31.8. The molecular weight excluding hydrogens is 536 g/mol. The standard InChI is InChI=1S/C10H14N2O7.C7H11NO5.C3H5NO3/c11-8(14)2-6(13)1-5-3-17-10-7(19-12(15)16)4-18-9(5)10;1-4-2-11-7-5(13-8(9)10)3-12-6(4)7;4-2(5)1-3(6)7/h5,7,9-10H,1-4H2,(H2,11,14);4-7H,2-3H2,1H3;1H2,(H2,4,5)(H,6,7)/t5-,7+,9-,10-;4-,5+,6-,7-;/m11./s1.